The summed E-state index contributed by atoms with van der Waals surface area (Å²) in [6.45, 7) is 2.45. The molecule has 0 saturated heterocycles. The maximum atomic E-state index is 11.9. The number of aromatic nitrogens is 1. The Bertz CT molecular complexity index is 680. The summed E-state index contributed by atoms with van der Waals surface area (Å²) >= 11 is 0. The number of nitrogens with one attached hydrogen (secondary N) is 1. The molecule has 0 aromatic carbocycles. The number of nitrogens with zero attached hydrogens (tertiary/aromatic N) is 2. The summed E-state index contributed by atoms with van der Waals surface area (Å²) < 4.78 is 30.3. The topological polar surface area (TPSA) is 75.4 Å². The minimum Gasteiger partial charge on any atom is -0.447 e. The first kappa shape index (κ1) is 15.7. The zero-order chi connectivity index (χ0) is 15.5. The minimum absolute atomic E-state index is 0.0432. The molecule has 0 bridgehead atoms. The number of hydrogen-bond acceptors (Lipinski definition) is 5. The van der Waals surface area contributed by atoms with Gasteiger partial charge in [-0.3, -0.25) is 4.98 Å². The first-order chi connectivity index (χ1) is 9.91. The van der Waals surface area contributed by atoms with Gasteiger partial charge in [-0.2, -0.15) is 0 Å². The average Bonchev–Trinajstić information content (AvgIpc) is 2.95. The first-order valence-corrected chi connectivity index (χ1v) is 8.00. The molecule has 0 unspecified atom stereocenters. The third-order valence-electron chi connectivity index (χ3n) is 3.14. The summed E-state index contributed by atoms with van der Waals surface area (Å²) in [6.07, 6.45) is 3.52. The zero-order valence-corrected chi connectivity index (χ0v) is 13.1. The second-order valence-electron chi connectivity index (χ2n) is 4.90. The van der Waals surface area contributed by atoms with Crippen LogP contribution in [-0.4, -0.2) is 31.8 Å². The van der Waals surface area contributed by atoms with Gasteiger partial charge in [0.05, 0.1) is 6.54 Å². The van der Waals surface area contributed by atoms with Gasteiger partial charge in [-0.05, 0) is 30.7 Å². The minimum atomic E-state index is -3.52. The molecule has 0 fully saturated rings. The Labute approximate surface area is 124 Å². The number of rotatable bonds is 6. The summed E-state index contributed by atoms with van der Waals surface area (Å²) in [5, 5.41) is 3.22. The lowest BCUT2D eigenvalue weighted by molar-refractivity contribution is 0.382. The quantitative estimate of drug-likeness (QED) is 0.880. The van der Waals surface area contributed by atoms with E-state index in [1.165, 1.54) is 20.2 Å². The van der Waals surface area contributed by atoms with Gasteiger partial charge in [0.2, 0.25) is 5.09 Å². The largest absolute Gasteiger partial charge is 0.447 e. The van der Waals surface area contributed by atoms with E-state index in [9.17, 15) is 8.42 Å². The van der Waals surface area contributed by atoms with Crippen molar-refractivity contribution >= 4 is 10.0 Å². The van der Waals surface area contributed by atoms with Crippen molar-refractivity contribution < 1.29 is 12.8 Å². The second-order valence-corrected chi connectivity index (χ2v) is 6.98. The predicted octanol–water partition coefficient (Wildman–Crippen LogP) is 1.78. The highest BCUT2D eigenvalue weighted by atomic mass is 32.2. The predicted molar refractivity (Wildman–Crippen MR) is 79.1 cm³/mol. The van der Waals surface area contributed by atoms with Gasteiger partial charge >= 0.3 is 0 Å². The van der Waals surface area contributed by atoms with Gasteiger partial charge in [-0.25, -0.2) is 12.7 Å². The van der Waals surface area contributed by atoms with E-state index in [1.807, 2.05) is 19.1 Å². The molecule has 0 radical (unpaired) electrons. The SMILES string of the molecule is C[C@@H](NCc1ccc(S(=O)(=O)N(C)C)o1)c1cccnc1. The summed E-state index contributed by atoms with van der Waals surface area (Å²) in [6, 6.07) is 7.09. The van der Waals surface area contributed by atoms with Crippen LogP contribution in [0, 0.1) is 0 Å². The van der Waals surface area contributed by atoms with Crippen molar-refractivity contribution in [3.63, 3.8) is 0 Å². The summed E-state index contributed by atoms with van der Waals surface area (Å²) in [5.74, 6) is 0.575. The fourth-order valence-corrected chi connectivity index (χ4v) is 2.59. The molecule has 0 aliphatic heterocycles. The van der Waals surface area contributed by atoms with E-state index in [1.54, 1.807) is 18.5 Å². The monoisotopic (exact) mass is 309 g/mol. The molecular weight excluding hydrogens is 290 g/mol. The van der Waals surface area contributed by atoms with E-state index in [0.717, 1.165) is 9.87 Å². The lowest BCUT2D eigenvalue weighted by Crippen LogP contribution is -2.21. The highest BCUT2D eigenvalue weighted by Crippen LogP contribution is 2.18. The van der Waals surface area contributed by atoms with Gasteiger partial charge in [0.25, 0.3) is 10.0 Å². The molecule has 6 nitrogen and oxygen atoms in total. The molecule has 7 heteroatoms. The Hall–Kier alpha value is -1.70. The molecule has 21 heavy (non-hydrogen) atoms. The van der Waals surface area contributed by atoms with Crippen LogP contribution in [0.4, 0.5) is 0 Å². The third-order valence-corrected chi connectivity index (χ3v) is 4.83. The molecule has 0 amide bonds. The number of sulfonamides is 1. The van der Waals surface area contributed by atoms with Crippen molar-refractivity contribution in [1.82, 2.24) is 14.6 Å². The van der Waals surface area contributed by atoms with E-state index in [4.69, 9.17) is 4.42 Å². The van der Waals surface area contributed by atoms with Crippen LogP contribution < -0.4 is 5.32 Å². The van der Waals surface area contributed by atoms with Gasteiger partial charge in [0, 0.05) is 32.5 Å². The Morgan fingerprint density at radius 3 is 2.71 bits per heavy atom. The molecule has 0 saturated carbocycles. The van der Waals surface area contributed by atoms with Crippen LogP contribution in [0.15, 0.2) is 46.2 Å². The Balaban J connectivity index is 2.01. The number of furan rings is 1. The van der Waals surface area contributed by atoms with Gasteiger partial charge < -0.3 is 9.73 Å². The fourth-order valence-electron chi connectivity index (χ4n) is 1.78. The standard InChI is InChI=1S/C14H19N3O3S/c1-11(12-5-4-8-15-9-12)16-10-13-6-7-14(20-13)21(18,19)17(2)3/h4-9,11,16H,10H2,1-3H3/t11-/m1/s1. The van der Waals surface area contributed by atoms with Crippen LogP contribution >= 0.6 is 0 Å². The van der Waals surface area contributed by atoms with Crippen LogP contribution in [-0.2, 0) is 16.6 Å². The molecule has 0 aliphatic rings. The molecule has 1 N–H and O–H groups in total. The normalized spacial score (nSPS) is 13.5. The second kappa shape index (κ2) is 6.38. The highest BCUT2D eigenvalue weighted by Gasteiger charge is 2.21. The van der Waals surface area contributed by atoms with Crippen LogP contribution in [0.2, 0.25) is 0 Å². The molecule has 2 rings (SSSR count). The number of hydrogen-bond donors (Lipinski definition) is 1. The van der Waals surface area contributed by atoms with E-state index in [2.05, 4.69) is 10.3 Å². The van der Waals surface area contributed by atoms with Crippen molar-refractivity contribution in [2.75, 3.05) is 14.1 Å². The summed E-state index contributed by atoms with van der Waals surface area (Å²) in [7, 11) is -0.573. The lowest BCUT2D eigenvalue weighted by Gasteiger charge is -2.12. The highest BCUT2D eigenvalue weighted by molar-refractivity contribution is 7.88. The summed E-state index contributed by atoms with van der Waals surface area (Å²) in [5.41, 5.74) is 1.06. The van der Waals surface area contributed by atoms with Gasteiger partial charge in [-0.1, -0.05) is 6.07 Å². The maximum Gasteiger partial charge on any atom is 0.275 e. The third kappa shape index (κ3) is 3.69. The van der Waals surface area contributed by atoms with Gasteiger partial charge in [-0.15, -0.1) is 0 Å². The van der Waals surface area contributed by atoms with E-state index in [0.29, 0.717) is 12.3 Å². The molecule has 2 aromatic rings. The van der Waals surface area contributed by atoms with Crippen LogP contribution in [0.3, 0.4) is 0 Å². The molecule has 2 heterocycles. The van der Waals surface area contributed by atoms with Crippen molar-refractivity contribution in [2.24, 2.45) is 0 Å². The van der Waals surface area contributed by atoms with Crippen LogP contribution in [0.1, 0.15) is 24.3 Å². The smallest absolute Gasteiger partial charge is 0.275 e. The van der Waals surface area contributed by atoms with E-state index >= 15 is 0 Å². The van der Waals surface area contributed by atoms with Crippen LogP contribution in [0.25, 0.3) is 0 Å². The van der Waals surface area contributed by atoms with Crippen molar-refractivity contribution in [3.05, 3.63) is 48.0 Å². The zero-order valence-electron chi connectivity index (χ0n) is 12.3. The van der Waals surface area contributed by atoms with E-state index < -0.39 is 10.0 Å². The Morgan fingerprint density at radius 1 is 1.33 bits per heavy atom. The van der Waals surface area contributed by atoms with Crippen molar-refractivity contribution in [3.8, 4) is 0 Å². The average molecular weight is 309 g/mol. The molecular formula is C14H19N3O3S. The Kier molecular flexibility index (Phi) is 4.76. The van der Waals surface area contributed by atoms with Crippen molar-refractivity contribution in [2.45, 2.75) is 24.6 Å². The Morgan fingerprint density at radius 2 is 2.10 bits per heavy atom. The molecule has 0 spiro atoms. The fraction of sp³-hybridized carbons (Fsp3) is 0.357. The number of pyridine rings is 1. The lowest BCUT2D eigenvalue weighted by atomic mass is 10.1. The first-order valence-electron chi connectivity index (χ1n) is 6.56. The molecule has 0 aliphatic carbocycles. The molecule has 114 valence electrons. The van der Waals surface area contributed by atoms with E-state index in [-0.39, 0.29) is 11.1 Å². The van der Waals surface area contributed by atoms with Gasteiger partial charge in [0.15, 0.2) is 0 Å². The van der Waals surface area contributed by atoms with Crippen LogP contribution in [0.5, 0.6) is 0 Å². The van der Waals surface area contributed by atoms with Crippen molar-refractivity contribution in [1.29, 1.82) is 0 Å². The summed E-state index contributed by atoms with van der Waals surface area (Å²) in [4.78, 5) is 4.07. The maximum absolute atomic E-state index is 11.9. The van der Waals surface area contributed by atoms with Gasteiger partial charge in [0.1, 0.15) is 5.76 Å². The molecule has 1 atom stereocenters. The molecule has 2 aromatic heterocycles.